The van der Waals surface area contributed by atoms with Gasteiger partial charge in [-0.05, 0) is 67.7 Å². The minimum atomic E-state index is -0.684. The summed E-state index contributed by atoms with van der Waals surface area (Å²) < 4.78 is 0. The van der Waals surface area contributed by atoms with E-state index in [1.807, 2.05) is 0 Å². The summed E-state index contributed by atoms with van der Waals surface area (Å²) in [4.78, 5) is 13.0. The third-order valence-corrected chi connectivity index (χ3v) is 8.53. The molecule has 0 unspecified atom stereocenters. The van der Waals surface area contributed by atoms with Crippen molar-refractivity contribution in [3.05, 3.63) is 71.8 Å². The van der Waals surface area contributed by atoms with E-state index in [-0.39, 0.29) is 11.5 Å². The maximum Gasteiger partial charge on any atom is 0.303 e. The fraction of sp³-hybridized carbons (Fsp3) is 0.531. The van der Waals surface area contributed by atoms with E-state index in [9.17, 15) is 9.90 Å². The first kappa shape index (κ1) is 26.5. The van der Waals surface area contributed by atoms with Crippen molar-refractivity contribution < 1.29 is 15.0 Å². The van der Waals surface area contributed by atoms with Crippen molar-refractivity contribution in [1.29, 1.82) is 0 Å². The third-order valence-electron chi connectivity index (χ3n) is 8.53. The molecule has 2 aromatic carbocycles. The molecule has 36 heavy (non-hydrogen) atoms. The zero-order chi connectivity index (χ0) is 25.4. The summed E-state index contributed by atoms with van der Waals surface area (Å²) in [5.41, 5.74) is 5.64. The number of aliphatic carboxylic acids is 1. The number of nitrogens with zero attached hydrogens (tertiary/aromatic N) is 1. The van der Waals surface area contributed by atoms with E-state index < -0.39 is 5.97 Å². The van der Waals surface area contributed by atoms with Gasteiger partial charge in [0.15, 0.2) is 0 Å². The number of hydrogen-bond acceptors (Lipinski definition) is 3. The standard InChI is InChI=1S/C32H43NO3/c1-33(27-18-12-8-13-19-27)24-32-22-21-29(34)28(32)23-26(31(32)25-15-10-7-11-16-25)17-9-5-3-2-4-6-14-20-30(35)36/h7-8,10-13,15-16,18-19,28-29,34H,2-6,9,14,17,20-24H2,1H3,(H,35,36)/t28-,29+,32-/m0/s1. The lowest BCUT2D eigenvalue weighted by Gasteiger charge is -2.38. The monoisotopic (exact) mass is 489 g/mol. The summed E-state index contributed by atoms with van der Waals surface area (Å²) >= 11 is 0. The van der Waals surface area contributed by atoms with Gasteiger partial charge < -0.3 is 15.1 Å². The van der Waals surface area contributed by atoms with Gasteiger partial charge in [0.2, 0.25) is 0 Å². The summed E-state index contributed by atoms with van der Waals surface area (Å²) in [5.74, 6) is -0.389. The van der Waals surface area contributed by atoms with Crippen molar-refractivity contribution >= 4 is 17.2 Å². The number of hydrogen-bond donors (Lipinski definition) is 2. The predicted octanol–water partition coefficient (Wildman–Crippen LogP) is 7.33. The Morgan fingerprint density at radius 3 is 2.19 bits per heavy atom. The summed E-state index contributed by atoms with van der Waals surface area (Å²) in [6.07, 6.45) is 11.9. The molecule has 1 fully saturated rings. The van der Waals surface area contributed by atoms with Crippen molar-refractivity contribution in [3.63, 3.8) is 0 Å². The van der Waals surface area contributed by atoms with E-state index in [1.54, 1.807) is 5.57 Å². The summed E-state index contributed by atoms with van der Waals surface area (Å²) in [6, 6.07) is 21.6. The van der Waals surface area contributed by atoms with Gasteiger partial charge in [-0.25, -0.2) is 0 Å². The van der Waals surface area contributed by atoms with Gasteiger partial charge in [-0.2, -0.15) is 0 Å². The highest BCUT2D eigenvalue weighted by Gasteiger charge is 2.55. The maximum absolute atomic E-state index is 11.1. The number of carboxylic acids is 1. The maximum atomic E-state index is 11.1. The van der Waals surface area contributed by atoms with Gasteiger partial charge in [-0.1, -0.05) is 86.2 Å². The van der Waals surface area contributed by atoms with Crippen LogP contribution in [0.4, 0.5) is 5.69 Å². The minimum absolute atomic E-state index is 0.00909. The second-order valence-corrected chi connectivity index (χ2v) is 11.0. The van der Waals surface area contributed by atoms with E-state index in [4.69, 9.17) is 5.11 Å². The van der Waals surface area contributed by atoms with Gasteiger partial charge in [0, 0.05) is 31.1 Å². The lowest BCUT2D eigenvalue weighted by molar-refractivity contribution is -0.137. The molecule has 0 amide bonds. The first-order valence-electron chi connectivity index (χ1n) is 14.0. The molecule has 194 valence electrons. The topological polar surface area (TPSA) is 60.8 Å². The largest absolute Gasteiger partial charge is 0.481 e. The molecule has 3 atom stereocenters. The van der Waals surface area contributed by atoms with E-state index >= 15 is 0 Å². The summed E-state index contributed by atoms with van der Waals surface area (Å²) in [7, 11) is 2.20. The van der Waals surface area contributed by atoms with Crippen LogP contribution < -0.4 is 4.90 Å². The Balaban J connectivity index is 1.46. The zero-order valence-electron chi connectivity index (χ0n) is 21.9. The highest BCUT2D eigenvalue weighted by molar-refractivity contribution is 5.77. The Labute approximate surface area is 217 Å². The van der Waals surface area contributed by atoms with Crippen LogP contribution in [0.1, 0.15) is 82.6 Å². The van der Waals surface area contributed by atoms with Crippen LogP contribution in [-0.4, -0.2) is 35.9 Å². The molecule has 0 heterocycles. The lowest BCUT2D eigenvalue weighted by Crippen LogP contribution is -2.39. The molecule has 0 saturated heterocycles. The van der Waals surface area contributed by atoms with Crippen LogP contribution in [0.15, 0.2) is 66.2 Å². The molecule has 4 heteroatoms. The first-order chi connectivity index (χ1) is 17.5. The molecule has 2 N–H and O–H groups in total. The predicted molar refractivity (Wildman–Crippen MR) is 148 cm³/mol. The molecule has 4 rings (SSSR count). The minimum Gasteiger partial charge on any atom is -0.481 e. The fourth-order valence-electron chi connectivity index (χ4n) is 6.82. The van der Waals surface area contributed by atoms with Crippen LogP contribution in [0.5, 0.6) is 0 Å². The van der Waals surface area contributed by atoms with Crippen LogP contribution in [0.25, 0.3) is 5.57 Å². The number of aliphatic hydroxyl groups excluding tert-OH is 1. The second kappa shape index (κ2) is 12.6. The summed E-state index contributed by atoms with van der Waals surface area (Å²) in [6.45, 7) is 0.933. The number of benzene rings is 2. The van der Waals surface area contributed by atoms with Gasteiger partial charge in [0.05, 0.1) is 6.10 Å². The SMILES string of the molecule is CN(C[C@@]12CC[C@@H](O)[C@@H]1CC(CCCCCCCCCC(=O)O)=C2c1ccccc1)c1ccccc1. The van der Waals surface area contributed by atoms with Crippen LogP contribution in [0.3, 0.4) is 0 Å². The number of allylic oxidation sites excluding steroid dienone is 1. The average Bonchev–Trinajstić information content (AvgIpc) is 3.36. The molecule has 0 bridgehead atoms. The third kappa shape index (κ3) is 6.21. The Morgan fingerprint density at radius 1 is 0.917 bits per heavy atom. The van der Waals surface area contributed by atoms with Crippen molar-refractivity contribution in [3.8, 4) is 0 Å². The van der Waals surface area contributed by atoms with Gasteiger partial charge in [-0.3, -0.25) is 4.79 Å². The molecular weight excluding hydrogens is 446 g/mol. The van der Waals surface area contributed by atoms with Crippen molar-refractivity contribution in [2.24, 2.45) is 11.3 Å². The molecule has 0 aliphatic heterocycles. The van der Waals surface area contributed by atoms with E-state index in [2.05, 4.69) is 72.6 Å². The Hall–Kier alpha value is -2.59. The number of fused-ring (bicyclic) bond motifs is 1. The zero-order valence-corrected chi connectivity index (χ0v) is 21.9. The number of rotatable bonds is 14. The molecule has 0 spiro atoms. The summed E-state index contributed by atoms with van der Waals surface area (Å²) in [5, 5.41) is 19.9. The average molecular weight is 490 g/mol. The molecule has 1 saturated carbocycles. The molecule has 4 nitrogen and oxygen atoms in total. The molecule has 0 radical (unpaired) electrons. The Morgan fingerprint density at radius 2 is 1.53 bits per heavy atom. The van der Waals surface area contributed by atoms with Crippen molar-refractivity contribution in [2.75, 3.05) is 18.5 Å². The number of anilines is 1. The highest BCUT2D eigenvalue weighted by atomic mass is 16.4. The number of carbonyl (C=O) groups is 1. The van der Waals surface area contributed by atoms with Gasteiger partial charge in [-0.15, -0.1) is 0 Å². The Bertz CT molecular complexity index is 1000. The van der Waals surface area contributed by atoms with Crippen LogP contribution in [-0.2, 0) is 4.79 Å². The van der Waals surface area contributed by atoms with Crippen molar-refractivity contribution in [2.45, 2.75) is 83.2 Å². The molecule has 2 aliphatic rings. The Kier molecular flexibility index (Phi) is 9.25. The smallest absolute Gasteiger partial charge is 0.303 e. The van der Waals surface area contributed by atoms with E-state index in [0.29, 0.717) is 12.3 Å². The van der Waals surface area contributed by atoms with Crippen LogP contribution in [0.2, 0.25) is 0 Å². The fourth-order valence-corrected chi connectivity index (χ4v) is 6.82. The molecule has 2 aromatic rings. The number of aliphatic hydroxyl groups is 1. The number of carboxylic acid groups (broad SMARTS) is 1. The molecule has 0 aromatic heterocycles. The van der Waals surface area contributed by atoms with Crippen LogP contribution >= 0.6 is 0 Å². The van der Waals surface area contributed by atoms with Gasteiger partial charge in [0.1, 0.15) is 0 Å². The van der Waals surface area contributed by atoms with E-state index in [1.165, 1.54) is 42.5 Å². The highest BCUT2D eigenvalue weighted by Crippen LogP contribution is 2.61. The second-order valence-electron chi connectivity index (χ2n) is 11.0. The molecular formula is C32H43NO3. The first-order valence-corrected chi connectivity index (χ1v) is 14.0. The molecule has 2 aliphatic carbocycles. The lowest BCUT2D eigenvalue weighted by atomic mass is 9.72. The number of para-hydroxylation sites is 1. The van der Waals surface area contributed by atoms with Gasteiger partial charge in [0.25, 0.3) is 0 Å². The van der Waals surface area contributed by atoms with Crippen molar-refractivity contribution in [1.82, 2.24) is 0 Å². The number of unbranched alkanes of at least 4 members (excludes halogenated alkanes) is 6. The quantitative estimate of drug-likeness (QED) is 0.273. The van der Waals surface area contributed by atoms with E-state index in [0.717, 1.165) is 51.5 Å². The van der Waals surface area contributed by atoms with Crippen LogP contribution in [0, 0.1) is 11.3 Å². The normalized spacial score (nSPS) is 23.2. The van der Waals surface area contributed by atoms with Gasteiger partial charge >= 0.3 is 5.97 Å².